The number of hydrogen-bond donors (Lipinski definition) is 2. The van der Waals surface area contributed by atoms with Crippen LogP contribution in [0.25, 0.3) is 0 Å². The van der Waals surface area contributed by atoms with Crippen LogP contribution in [0.15, 0.2) is 42.5 Å². The number of carbonyl (C=O) groups is 1. The molecule has 1 unspecified atom stereocenters. The second-order valence-electron chi connectivity index (χ2n) is 9.05. The Bertz CT molecular complexity index is 1000. The molecule has 0 aromatic heterocycles. The highest BCUT2D eigenvalue weighted by atomic mass is 19.4. The summed E-state index contributed by atoms with van der Waals surface area (Å²) in [5.74, 6) is 0.489. The lowest BCUT2D eigenvalue weighted by atomic mass is 9.90. The number of nitrogens with one attached hydrogen (secondary N) is 1. The minimum Gasteiger partial charge on any atom is -0.504 e. The molecule has 2 aromatic rings. The Hall–Kier alpha value is -2.74. The first kappa shape index (κ1) is 23.4. The average molecular weight is 463 g/mol. The molecule has 8 heteroatoms. The van der Waals surface area contributed by atoms with Crippen LogP contribution in [0.4, 0.5) is 13.2 Å². The Labute approximate surface area is 191 Å². The third-order valence-corrected chi connectivity index (χ3v) is 6.81. The lowest BCUT2D eigenvalue weighted by Crippen LogP contribution is -2.36. The summed E-state index contributed by atoms with van der Waals surface area (Å²) in [6.07, 6.45) is -1.71. The van der Waals surface area contributed by atoms with E-state index in [4.69, 9.17) is 4.74 Å². The Kier molecular flexibility index (Phi) is 6.56. The van der Waals surface area contributed by atoms with Crippen molar-refractivity contribution in [3.05, 3.63) is 59.2 Å². The first-order valence-corrected chi connectivity index (χ1v) is 11.3. The van der Waals surface area contributed by atoms with Crippen molar-refractivity contribution in [2.24, 2.45) is 11.3 Å². The van der Waals surface area contributed by atoms with Crippen LogP contribution in [0, 0.1) is 11.3 Å². The number of ether oxygens (including phenoxy) is 1. The van der Waals surface area contributed by atoms with Gasteiger partial charge in [-0.15, -0.1) is 0 Å². The number of benzene rings is 2. The fourth-order valence-corrected chi connectivity index (χ4v) is 4.78. The second-order valence-corrected chi connectivity index (χ2v) is 9.05. The fourth-order valence-electron chi connectivity index (χ4n) is 4.78. The Morgan fingerprint density at radius 3 is 2.64 bits per heavy atom. The van der Waals surface area contributed by atoms with Gasteiger partial charge in [0.25, 0.3) is 0 Å². The number of phenolic OH excluding ortho intramolecular Hbond substituents is 1. The summed E-state index contributed by atoms with van der Waals surface area (Å²) in [5.41, 5.74) is 0.827. The molecule has 2 aliphatic rings. The molecule has 5 nitrogen and oxygen atoms in total. The zero-order valence-electron chi connectivity index (χ0n) is 18.6. The van der Waals surface area contributed by atoms with Gasteiger partial charge in [0, 0.05) is 19.0 Å². The molecule has 0 bridgehead atoms. The first-order valence-electron chi connectivity index (χ1n) is 11.3. The van der Waals surface area contributed by atoms with Crippen LogP contribution >= 0.6 is 0 Å². The highest BCUT2D eigenvalue weighted by Crippen LogP contribution is 2.59. The molecule has 0 radical (unpaired) electrons. The summed E-state index contributed by atoms with van der Waals surface area (Å²) in [6, 6.07) is 10.5. The van der Waals surface area contributed by atoms with Gasteiger partial charge in [0.05, 0.1) is 12.2 Å². The number of aromatic hydroxyl groups is 1. The minimum atomic E-state index is -4.39. The van der Waals surface area contributed by atoms with Gasteiger partial charge in [-0.25, -0.2) is 0 Å². The summed E-state index contributed by atoms with van der Waals surface area (Å²) in [6.45, 7) is 4.97. The lowest BCUT2D eigenvalue weighted by molar-refractivity contribution is -0.137. The molecule has 1 saturated carbocycles. The predicted molar refractivity (Wildman–Crippen MR) is 118 cm³/mol. The summed E-state index contributed by atoms with van der Waals surface area (Å²) in [4.78, 5) is 15.0. The molecule has 1 saturated heterocycles. The summed E-state index contributed by atoms with van der Waals surface area (Å²) in [5, 5.41) is 12.7. The van der Waals surface area contributed by atoms with Gasteiger partial charge in [-0.3, -0.25) is 9.69 Å². The maximum atomic E-state index is 12.9. The van der Waals surface area contributed by atoms with Gasteiger partial charge < -0.3 is 15.2 Å². The number of carbonyl (C=O) groups excluding carboxylic acids is 1. The Balaban J connectivity index is 1.26. The summed E-state index contributed by atoms with van der Waals surface area (Å²) < 4.78 is 44.1. The van der Waals surface area contributed by atoms with Gasteiger partial charge in [0.1, 0.15) is 0 Å². The quantitative estimate of drug-likeness (QED) is 0.625. The molecule has 2 N–H and O–H groups in total. The standard InChI is InChI=1S/C25H29F3N2O3/c1-2-33-22-13-18(6-7-21(22)31)16-30-10-8-24(9-11-30)14-20(24)23(32)29-15-17-4-3-5-19(12-17)25(26,27)28/h3-7,12-13,20,31H,2,8-11,14-16H2,1H3,(H,29,32). The van der Waals surface area contributed by atoms with Crippen molar-refractivity contribution in [3.63, 3.8) is 0 Å². The van der Waals surface area contributed by atoms with E-state index in [9.17, 15) is 23.1 Å². The molecule has 1 aliphatic carbocycles. The van der Waals surface area contributed by atoms with Crippen molar-refractivity contribution in [3.8, 4) is 11.5 Å². The topological polar surface area (TPSA) is 61.8 Å². The van der Waals surface area contributed by atoms with E-state index in [-0.39, 0.29) is 29.5 Å². The number of piperidine rings is 1. The number of halogens is 3. The van der Waals surface area contributed by atoms with E-state index in [1.54, 1.807) is 12.1 Å². The largest absolute Gasteiger partial charge is 0.504 e. The Morgan fingerprint density at radius 1 is 1.18 bits per heavy atom. The number of amides is 1. The number of phenols is 1. The van der Waals surface area contributed by atoms with Crippen molar-refractivity contribution in [1.29, 1.82) is 0 Å². The predicted octanol–water partition coefficient (Wildman–Crippen LogP) is 4.73. The Morgan fingerprint density at radius 2 is 1.94 bits per heavy atom. The number of hydrogen-bond acceptors (Lipinski definition) is 4. The lowest BCUT2D eigenvalue weighted by Gasteiger charge is -2.33. The maximum Gasteiger partial charge on any atom is 0.416 e. The maximum absolute atomic E-state index is 12.9. The molecule has 1 atom stereocenters. The molecule has 1 aliphatic heterocycles. The fraction of sp³-hybridized carbons (Fsp3) is 0.480. The van der Waals surface area contributed by atoms with Gasteiger partial charge in [0.2, 0.25) is 5.91 Å². The van der Waals surface area contributed by atoms with Crippen LogP contribution in [0.2, 0.25) is 0 Å². The van der Waals surface area contributed by atoms with Crippen LogP contribution in [0.5, 0.6) is 11.5 Å². The van der Waals surface area contributed by atoms with Crippen molar-refractivity contribution in [1.82, 2.24) is 10.2 Å². The van der Waals surface area contributed by atoms with Gasteiger partial charge in [0.15, 0.2) is 11.5 Å². The van der Waals surface area contributed by atoms with Crippen molar-refractivity contribution in [2.45, 2.75) is 45.5 Å². The number of rotatable bonds is 7. The van der Waals surface area contributed by atoms with Gasteiger partial charge in [-0.1, -0.05) is 18.2 Å². The first-order chi connectivity index (χ1) is 15.7. The zero-order valence-corrected chi connectivity index (χ0v) is 18.6. The normalized spacial score (nSPS) is 19.9. The molecule has 2 fully saturated rings. The van der Waals surface area contributed by atoms with Crippen molar-refractivity contribution in [2.75, 3.05) is 19.7 Å². The summed E-state index contributed by atoms with van der Waals surface area (Å²) in [7, 11) is 0. The molecule has 1 heterocycles. The molecular weight excluding hydrogens is 433 g/mol. The van der Waals surface area contributed by atoms with Crippen LogP contribution < -0.4 is 10.1 Å². The third-order valence-electron chi connectivity index (χ3n) is 6.81. The molecule has 2 aromatic carbocycles. The van der Waals surface area contributed by atoms with E-state index in [1.165, 1.54) is 6.07 Å². The average Bonchev–Trinajstić information content (AvgIpc) is 3.49. The molecule has 4 rings (SSSR count). The monoisotopic (exact) mass is 462 g/mol. The molecule has 1 amide bonds. The van der Waals surface area contributed by atoms with E-state index in [0.29, 0.717) is 17.9 Å². The molecule has 33 heavy (non-hydrogen) atoms. The van der Waals surface area contributed by atoms with Crippen molar-refractivity contribution >= 4 is 5.91 Å². The van der Waals surface area contributed by atoms with E-state index in [0.717, 1.165) is 56.6 Å². The van der Waals surface area contributed by atoms with Crippen LogP contribution in [-0.2, 0) is 24.1 Å². The zero-order chi connectivity index (χ0) is 23.6. The van der Waals surface area contributed by atoms with Crippen LogP contribution in [-0.4, -0.2) is 35.6 Å². The molecule has 178 valence electrons. The molecular formula is C25H29F3N2O3. The van der Waals surface area contributed by atoms with Gasteiger partial charge >= 0.3 is 6.18 Å². The minimum absolute atomic E-state index is 0.0137. The number of likely N-dealkylation sites (tertiary alicyclic amines) is 1. The van der Waals surface area contributed by atoms with Crippen LogP contribution in [0.1, 0.15) is 42.9 Å². The summed E-state index contributed by atoms with van der Waals surface area (Å²) >= 11 is 0. The smallest absolute Gasteiger partial charge is 0.416 e. The van der Waals surface area contributed by atoms with Crippen molar-refractivity contribution < 1.29 is 27.8 Å². The third kappa shape index (κ3) is 5.43. The SMILES string of the molecule is CCOc1cc(CN2CCC3(CC2)CC3C(=O)NCc2cccc(C(F)(F)F)c2)ccc1O. The number of nitrogens with zero attached hydrogens (tertiary/aromatic N) is 1. The van der Waals surface area contributed by atoms with Gasteiger partial charge in [-0.05, 0) is 80.1 Å². The van der Waals surface area contributed by atoms with E-state index in [2.05, 4.69) is 10.2 Å². The van der Waals surface area contributed by atoms with E-state index in [1.807, 2.05) is 19.1 Å². The highest BCUT2D eigenvalue weighted by molar-refractivity contribution is 5.82. The highest BCUT2D eigenvalue weighted by Gasteiger charge is 2.58. The van der Waals surface area contributed by atoms with E-state index >= 15 is 0 Å². The molecule has 1 spiro atoms. The second kappa shape index (κ2) is 9.25. The van der Waals surface area contributed by atoms with E-state index < -0.39 is 11.7 Å². The van der Waals surface area contributed by atoms with Crippen LogP contribution in [0.3, 0.4) is 0 Å². The number of alkyl halides is 3. The van der Waals surface area contributed by atoms with Gasteiger partial charge in [-0.2, -0.15) is 13.2 Å².